The summed E-state index contributed by atoms with van der Waals surface area (Å²) in [6.07, 6.45) is 0.117. The minimum Gasteiger partial charge on any atom is -0.456 e. The van der Waals surface area contributed by atoms with Gasteiger partial charge in [-0.05, 0) is 42.0 Å². The molecule has 2 aromatic rings. The monoisotopic (exact) mass is 357 g/mol. The molecule has 1 atom stereocenters. The summed E-state index contributed by atoms with van der Waals surface area (Å²) in [7, 11) is 0. The minimum atomic E-state index is -0.431. The highest BCUT2D eigenvalue weighted by molar-refractivity contribution is 6.30. The van der Waals surface area contributed by atoms with Crippen LogP contribution in [0.3, 0.4) is 0 Å². The molecule has 126 valence electrons. The van der Waals surface area contributed by atoms with E-state index < -0.39 is 17.7 Å². The Morgan fingerprint density at radius 3 is 2.60 bits per heavy atom. The fourth-order valence-corrected chi connectivity index (χ4v) is 3.55. The maximum Gasteiger partial charge on any atom is 0.336 e. The van der Waals surface area contributed by atoms with Crippen LogP contribution < -0.4 is 4.90 Å². The molecule has 0 aromatic heterocycles. The van der Waals surface area contributed by atoms with E-state index >= 15 is 0 Å². The second kappa shape index (κ2) is 6.01. The van der Waals surface area contributed by atoms with Crippen LogP contribution in [-0.4, -0.2) is 18.5 Å². The van der Waals surface area contributed by atoms with Gasteiger partial charge >= 0.3 is 5.97 Å². The molecule has 0 saturated heterocycles. The van der Waals surface area contributed by atoms with E-state index in [0.717, 1.165) is 5.56 Å². The van der Waals surface area contributed by atoms with Crippen molar-refractivity contribution in [3.8, 4) is 0 Å². The Morgan fingerprint density at radius 2 is 1.88 bits per heavy atom. The number of rotatable bonds is 2. The van der Waals surface area contributed by atoms with Crippen LogP contribution in [0.15, 0.2) is 59.8 Å². The molecule has 1 unspecified atom stereocenters. The summed E-state index contributed by atoms with van der Waals surface area (Å²) in [6.45, 7) is 0.0222. The zero-order valence-corrected chi connectivity index (χ0v) is 13.8. The van der Waals surface area contributed by atoms with Crippen LogP contribution in [0.4, 0.5) is 10.1 Å². The van der Waals surface area contributed by atoms with E-state index in [-0.39, 0.29) is 18.9 Å². The number of esters is 1. The first-order chi connectivity index (χ1) is 12.0. The minimum absolute atomic E-state index is 0.0222. The van der Waals surface area contributed by atoms with Crippen LogP contribution in [0.1, 0.15) is 17.9 Å². The third kappa shape index (κ3) is 2.70. The first kappa shape index (κ1) is 15.8. The number of halogens is 2. The van der Waals surface area contributed by atoms with E-state index in [9.17, 15) is 14.0 Å². The molecule has 4 rings (SSSR count). The van der Waals surface area contributed by atoms with Gasteiger partial charge in [-0.2, -0.15) is 0 Å². The molecule has 25 heavy (non-hydrogen) atoms. The number of cyclic esters (lactones) is 1. The quantitative estimate of drug-likeness (QED) is 0.768. The number of benzene rings is 2. The highest BCUT2D eigenvalue weighted by Crippen LogP contribution is 2.42. The van der Waals surface area contributed by atoms with Gasteiger partial charge in [-0.3, -0.25) is 9.69 Å². The lowest BCUT2D eigenvalue weighted by Gasteiger charge is -2.31. The maximum absolute atomic E-state index is 13.2. The Hall–Kier alpha value is -2.66. The van der Waals surface area contributed by atoms with Crippen molar-refractivity contribution in [1.82, 2.24) is 0 Å². The standard InChI is InChI=1S/C19H13ClFNO3/c20-12-3-1-2-11(8-12)15-9-17(23)22(14-6-4-13(21)5-7-14)16-10-25-19(24)18(15)16/h1-8,15H,9-10H2. The molecule has 2 aromatic carbocycles. The molecule has 0 fully saturated rings. The van der Waals surface area contributed by atoms with Gasteiger partial charge in [-0.1, -0.05) is 23.7 Å². The topological polar surface area (TPSA) is 46.6 Å². The number of hydrogen-bond acceptors (Lipinski definition) is 3. The summed E-state index contributed by atoms with van der Waals surface area (Å²) in [4.78, 5) is 26.5. The van der Waals surface area contributed by atoms with Crippen molar-refractivity contribution in [2.45, 2.75) is 12.3 Å². The zero-order valence-electron chi connectivity index (χ0n) is 13.0. The number of amides is 1. The first-order valence-electron chi connectivity index (χ1n) is 7.79. The summed E-state index contributed by atoms with van der Waals surface area (Å²) >= 11 is 6.06. The molecule has 0 spiro atoms. The lowest BCUT2D eigenvalue weighted by molar-refractivity contribution is -0.136. The number of nitrogens with zero attached hydrogens (tertiary/aromatic N) is 1. The summed E-state index contributed by atoms with van der Waals surface area (Å²) < 4.78 is 18.4. The van der Waals surface area contributed by atoms with E-state index in [4.69, 9.17) is 16.3 Å². The van der Waals surface area contributed by atoms with Crippen molar-refractivity contribution in [3.05, 3.63) is 76.2 Å². The van der Waals surface area contributed by atoms with E-state index in [2.05, 4.69) is 0 Å². The van der Waals surface area contributed by atoms with Gasteiger partial charge in [0, 0.05) is 23.0 Å². The Labute approximate surface area is 148 Å². The van der Waals surface area contributed by atoms with Gasteiger partial charge in [0.2, 0.25) is 5.91 Å². The second-order valence-electron chi connectivity index (χ2n) is 5.95. The van der Waals surface area contributed by atoms with Crippen LogP contribution in [-0.2, 0) is 14.3 Å². The molecule has 4 nitrogen and oxygen atoms in total. The van der Waals surface area contributed by atoms with Gasteiger partial charge in [0.05, 0.1) is 11.3 Å². The third-order valence-electron chi connectivity index (χ3n) is 4.45. The van der Waals surface area contributed by atoms with Gasteiger partial charge in [-0.25, -0.2) is 9.18 Å². The molecule has 0 bridgehead atoms. The third-order valence-corrected chi connectivity index (χ3v) is 4.69. The Bertz CT molecular complexity index is 907. The Kier molecular flexibility index (Phi) is 3.81. The number of ether oxygens (including phenoxy) is 1. The predicted octanol–water partition coefficient (Wildman–Crippen LogP) is 3.81. The zero-order chi connectivity index (χ0) is 17.6. The van der Waals surface area contributed by atoms with Crippen LogP contribution in [0.2, 0.25) is 5.02 Å². The summed E-state index contributed by atoms with van der Waals surface area (Å²) in [5.74, 6) is -1.39. The van der Waals surface area contributed by atoms with E-state index in [1.54, 1.807) is 18.2 Å². The number of carbonyl (C=O) groups is 2. The fourth-order valence-electron chi connectivity index (χ4n) is 3.35. The first-order valence-corrected chi connectivity index (χ1v) is 8.16. The lowest BCUT2D eigenvalue weighted by Crippen LogP contribution is -2.37. The predicted molar refractivity (Wildman–Crippen MR) is 90.7 cm³/mol. The van der Waals surface area contributed by atoms with Gasteiger partial charge in [0.1, 0.15) is 12.4 Å². The molecule has 2 aliphatic rings. The molecule has 2 heterocycles. The molecule has 0 N–H and O–H groups in total. The van der Waals surface area contributed by atoms with Gasteiger partial charge in [-0.15, -0.1) is 0 Å². The average Bonchev–Trinajstić information content (AvgIpc) is 2.97. The molecule has 2 aliphatic heterocycles. The molecule has 0 saturated carbocycles. The highest BCUT2D eigenvalue weighted by Gasteiger charge is 2.42. The van der Waals surface area contributed by atoms with Crippen molar-refractivity contribution in [2.24, 2.45) is 0 Å². The van der Waals surface area contributed by atoms with Crippen molar-refractivity contribution >= 4 is 29.2 Å². The normalized spacial score (nSPS) is 19.9. The van der Waals surface area contributed by atoms with Crippen molar-refractivity contribution in [2.75, 3.05) is 11.5 Å². The SMILES string of the molecule is O=C1OCC2=C1C(c1cccc(Cl)c1)CC(=O)N2c1ccc(F)cc1. The van der Waals surface area contributed by atoms with Crippen molar-refractivity contribution in [1.29, 1.82) is 0 Å². The molecule has 1 amide bonds. The average molecular weight is 358 g/mol. The summed E-state index contributed by atoms with van der Waals surface area (Å²) in [5.41, 5.74) is 2.29. The number of anilines is 1. The highest BCUT2D eigenvalue weighted by atomic mass is 35.5. The van der Waals surface area contributed by atoms with E-state index in [1.165, 1.54) is 29.2 Å². The number of hydrogen-bond donors (Lipinski definition) is 0. The Morgan fingerprint density at radius 1 is 1.12 bits per heavy atom. The van der Waals surface area contributed by atoms with Gasteiger partial charge < -0.3 is 4.74 Å². The van der Waals surface area contributed by atoms with E-state index in [0.29, 0.717) is 22.0 Å². The molecule has 0 radical (unpaired) electrons. The largest absolute Gasteiger partial charge is 0.456 e. The molecule has 0 aliphatic carbocycles. The van der Waals surface area contributed by atoms with Crippen LogP contribution in [0, 0.1) is 5.82 Å². The number of carbonyl (C=O) groups excluding carboxylic acids is 2. The summed E-state index contributed by atoms with van der Waals surface area (Å²) in [6, 6.07) is 12.7. The smallest absolute Gasteiger partial charge is 0.336 e. The van der Waals surface area contributed by atoms with Crippen LogP contribution in [0.5, 0.6) is 0 Å². The second-order valence-corrected chi connectivity index (χ2v) is 6.39. The summed E-state index contributed by atoms with van der Waals surface area (Å²) in [5, 5.41) is 0.541. The van der Waals surface area contributed by atoms with Crippen molar-refractivity contribution < 1.29 is 18.7 Å². The molecular weight excluding hydrogens is 345 g/mol. The molecule has 6 heteroatoms. The molecular formula is C19H13ClFNO3. The maximum atomic E-state index is 13.2. The van der Waals surface area contributed by atoms with Crippen molar-refractivity contribution in [3.63, 3.8) is 0 Å². The van der Waals surface area contributed by atoms with E-state index in [1.807, 2.05) is 6.07 Å². The lowest BCUT2D eigenvalue weighted by atomic mass is 9.84. The Balaban J connectivity index is 1.83. The van der Waals surface area contributed by atoms with Crippen LogP contribution >= 0.6 is 11.6 Å². The fraction of sp³-hybridized carbons (Fsp3) is 0.158. The van der Waals surface area contributed by atoms with Crippen LogP contribution in [0.25, 0.3) is 0 Å². The van der Waals surface area contributed by atoms with Gasteiger partial charge in [0.15, 0.2) is 0 Å². The van der Waals surface area contributed by atoms with Gasteiger partial charge in [0.25, 0.3) is 0 Å².